The molecule has 1 atom stereocenters. The summed E-state index contributed by atoms with van der Waals surface area (Å²) in [6.07, 6.45) is 7.04. The lowest BCUT2D eigenvalue weighted by molar-refractivity contribution is 0.248. The fourth-order valence-electron chi connectivity index (χ4n) is 2.73. The first kappa shape index (κ1) is 14.7. The standard InChI is InChI=1S/C14H19N3O2S2/c1-2-11-6-7-13(20-11)21(18,19)17-10-4-3-5-12(17)14-15-8-9-16-14/h6-9,12H,2-5,10H2,1H3,(H,15,16). The number of aromatic nitrogens is 2. The number of imidazole rings is 1. The highest BCUT2D eigenvalue weighted by Crippen LogP contribution is 2.35. The molecule has 0 radical (unpaired) electrons. The third-order valence-electron chi connectivity index (χ3n) is 3.84. The van der Waals surface area contributed by atoms with Crippen LogP contribution >= 0.6 is 11.3 Å². The van der Waals surface area contributed by atoms with Crippen molar-refractivity contribution >= 4 is 21.4 Å². The first-order valence-electron chi connectivity index (χ1n) is 7.22. The van der Waals surface area contributed by atoms with E-state index >= 15 is 0 Å². The van der Waals surface area contributed by atoms with Crippen LogP contribution in [0.15, 0.2) is 28.7 Å². The Morgan fingerprint density at radius 2 is 2.29 bits per heavy atom. The number of thiophene rings is 1. The van der Waals surface area contributed by atoms with Crippen molar-refractivity contribution in [1.82, 2.24) is 14.3 Å². The van der Waals surface area contributed by atoms with Gasteiger partial charge in [0.1, 0.15) is 10.0 Å². The molecule has 114 valence electrons. The van der Waals surface area contributed by atoms with Crippen molar-refractivity contribution in [3.63, 3.8) is 0 Å². The van der Waals surface area contributed by atoms with Crippen molar-refractivity contribution in [1.29, 1.82) is 0 Å². The summed E-state index contributed by atoms with van der Waals surface area (Å²) in [5.74, 6) is 0.741. The number of hydrogen-bond acceptors (Lipinski definition) is 4. The van der Waals surface area contributed by atoms with E-state index in [1.807, 2.05) is 13.0 Å². The highest BCUT2D eigenvalue weighted by Gasteiger charge is 2.36. The molecular weight excluding hydrogens is 306 g/mol. The van der Waals surface area contributed by atoms with E-state index in [9.17, 15) is 8.42 Å². The van der Waals surface area contributed by atoms with Gasteiger partial charge in [0.2, 0.25) is 0 Å². The summed E-state index contributed by atoms with van der Waals surface area (Å²) in [5.41, 5.74) is 0. The summed E-state index contributed by atoms with van der Waals surface area (Å²) in [7, 11) is -3.43. The summed E-state index contributed by atoms with van der Waals surface area (Å²) in [4.78, 5) is 8.42. The van der Waals surface area contributed by atoms with E-state index in [2.05, 4.69) is 9.97 Å². The van der Waals surface area contributed by atoms with Gasteiger partial charge in [-0.25, -0.2) is 13.4 Å². The fourth-order valence-corrected chi connectivity index (χ4v) is 5.81. The molecule has 0 bridgehead atoms. The molecule has 1 N–H and O–H groups in total. The molecule has 1 aliphatic heterocycles. The first-order valence-corrected chi connectivity index (χ1v) is 9.48. The molecule has 1 unspecified atom stereocenters. The van der Waals surface area contributed by atoms with Crippen LogP contribution in [0.1, 0.15) is 42.9 Å². The molecule has 0 amide bonds. The average molecular weight is 325 g/mol. The molecule has 21 heavy (non-hydrogen) atoms. The summed E-state index contributed by atoms with van der Waals surface area (Å²) in [6, 6.07) is 3.46. The quantitative estimate of drug-likeness (QED) is 0.940. The molecule has 2 aromatic heterocycles. The number of nitrogens with zero attached hydrogens (tertiary/aromatic N) is 2. The van der Waals surface area contributed by atoms with E-state index in [0.717, 1.165) is 36.4 Å². The molecule has 1 fully saturated rings. The Kier molecular flexibility index (Phi) is 4.14. The van der Waals surface area contributed by atoms with E-state index in [0.29, 0.717) is 10.8 Å². The minimum atomic E-state index is -3.43. The maximum atomic E-state index is 12.9. The maximum absolute atomic E-state index is 12.9. The summed E-state index contributed by atoms with van der Waals surface area (Å²) in [6.45, 7) is 2.60. The number of hydrogen-bond donors (Lipinski definition) is 1. The fraction of sp³-hybridized carbons (Fsp3) is 0.500. The second-order valence-electron chi connectivity index (χ2n) is 5.18. The van der Waals surface area contributed by atoms with Gasteiger partial charge in [-0.3, -0.25) is 0 Å². The van der Waals surface area contributed by atoms with E-state index in [4.69, 9.17) is 0 Å². The smallest absolute Gasteiger partial charge is 0.253 e. The number of rotatable bonds is 4. The van der Waals surface area contributed by atoms with Gasteiger partial charge in [-0.1, -0.05) is 13.3 Å². The van der Waals surface area contributed by atoms with E-state index < -0.39 is 10.0 Å². The zero-order valence-electron chi connectivity index (χ0n) is 11.9. The van der Waals surface area contributed by atoms with Gasteiger partial charge in [0.05, 0.1) is 6.04 Å². The van der Waals surface area contributed by atoms with Crippen molar-refractivity contribution in [2.24, 2.45) is 0 Å². The molecule has 7 heteroatoms. The van der Waals surface area contributed by atoms with Crippen molar-refractivity contribution in [2.45, 2.75) is 42.9 Å². The summed E-state index contributed by atoms with van der Waals surface area (Å²) >= 11 is 1.37. The molecule has 1 aliphatic rings. The third-order valence-corrected chi connectivity index (χ3v) is 7.44. The van der Waals surface area contributed by atoms with Crippen LogP contribution in [-0.4, -0.2) is 29.2 Å². The van der Waals surface area contributed by atoms with Crippen LogP contribution in [0.2, 0.25) is 0 Å². The average Bonchev–Trinajstić information content (AvgIpc) is 3.18. The van der Waals surface area contributed by atoms with E-state index in [-0.39, 0.29) is 6.04 Å². The van der Waals surface area contributed by atoms with Crippen LogP contribution in [0.25, 0.3) is 0 Å². The van der Waals surface area contributed by atoms with Gasteiger partial charge < -0.3 is 4.98 Å². The molecule has 3 heterocycles. The third kappa shape index (κ3) is 2.77. The molecule has 0 aromatic carbocycles. The lowest BCUT2D eigenvalue weighted by Crippen LogP contribution is -2.38. The minimum absolute atomic E-state index is 0.175. The van der Waals surface area contributed by atoms with Crippen LogP contribution < -0.4 is 0 Å². The Hall–Kier alpha value is -1.18. The summed E-state index contributed by atoms with van der Waals surface area (Å²) in [5, 5.41) is 0. The molecule has 0 saturated carbocycles. The normalized spacial score (nSPS) is 20.7. The number of piperidine rings is 1. The lowest BCUT2D eigenvalue weighted by atomic mass is 10.0. The largest absolute Gasteiger partial charge is 0.347 e. The molecular formula is C14H19N3O2S2. The van der Waals surface area contributed by atoms with Gasteiger partial charge in [-0.15, -0.1) is 11.3 Å². The van der Waals surface area contributed by atoms with Crippen molar-refractivity contribution in [2.75, 3.05) is 6.54 Å². The Labute approximate surface area is 129 Å². The van der Waals surface area contributed by atoms with Crippen LogP contribution in [0.3, 0.4) is 0 Å². The minimum Gasteiger partial charge on any atom is -0.347 e. The van der Waals surface area contributed by atoms with Crippen LogP contribution in [0.5, 0.6) is 0 Å². The van der Waals surface area contributed by atoms with Gasteiger partial charge in [-0.05, 0) is 31.4 Å². The zero-order valence-corrected chi connectivity index (χ0v) is 13.6. The molecule has 0 spiro atoms. The predicted octanol–water partition coefficient (Wildman–Crippen LogP) is 2.95. The predicted molar refractivity (Wildman–Crippen MR) is 82.8 cm³/mol. The number of nitrogens with one attached hydrogen (secondary N) is 1. The van der Waals surface area contributed by atoms with Gasteiger partial charge >= 0.3 is 0 Å². The highest BCUT2D eigenvalue weighted by atomic mass is 32.2. The van der Waals surface area contributed by atoms with Crippen LogP contribution in [-0.2, 0) is 16.4 Å². The first-order chi connectivity index (χ1) is 10.1. The second kappa shape index (κ2) is 5.90. The number of H-pyrrole nitrogens is 1. The molecule has 0 aliphatic carbocycles. The van der Waals surface area contributed by atoms with Crippen LogP contribution in [0, 0.1) is 0 Å². The van der Waals surface area contributed by atoms with Gasteiger partial charge in [0, 0.05) is 23.8 Å². The van der Waals surface area contributed by atoms with E-state index in [1.165, 1.54) is 11.3 Å². The molecule has 5 nitrogen and oxygen atoms in total. The van der Waals surface area contributed by atoms with Crippen LogP contribution in [0.4, 0.5) is 0 Å². The van der Waals surface area contributed by atoms with E-state index in [1.54, 1.807) is 22.8 Å². The monoisotopic (exact) mass is 325 g/mol. The van der Waals surface area contributed by atoms with Crippen molar-refractivity contribution in [3.8, 4) is 0 Å². The summed E-state index contributed by atoms with van der Waals surface area (Å²) < 4.78 is 27.9. The Balaban J connectivity index is 1.95. The van der Waals surface area contributed by atoms with Gasteiger partial charge in [0.25, 0.3) is 10.0 Å². The van der Waals surface area contributed by atoms with Gasteiger partial charge in [-0.2, -0.15) is 4.31 Å². The topological polar surface area (TPSA) is 66.1 Å². The number of aryl methyl sites for hydroxylation is 1. The Morgan fingerprint density at radius 3 is 2.95 bits per heavy atom. The van der Waals surface area contributed by atoms with Crippen molar-refractivity contribution < 1.29 is 8.42 Å². The zero-order chi connectivity index (χ0) is 14.9. The molecule has 3 rings (SSSR count). The number of aromatic amines is 1. The SMILES string of the molecule is CCc1ccc(S(=O)(=O)N2CCCCC2c2ncc[nH]2)s1. The van der Waals surface area contributed by atoms with Gasteiger partial charge in [0.15, 0.2) is 0 Å². The Bertz CT molecular complexity index is 692. The lowest BCUT2D eigenvalue weighted by Gasteiger charge is -2.33. The van der Waals surface area contributed by atoms with Crippen molar-refractivity contribution in [3.05, 3.63) is 35.2 Å². The second-order valence-corrected chi connectivity index (χ2v) is 8.46. The Morgan fingerprint density at radius 1 is 1.43 bits per heavy atom. The molecule has 2 aromatic rings. The number of sulfonamides is 1. The highest BCUT2D eigenvalue weighted by molar-refractivity contribution is 7.91. The maximum Gasteiger partial charge on any atom is 0.253 e. The molecule has 1 saturated heterocycles.